The summed E-state index contributed by atoms with van der Waals surface area (Å²) < 4.78 is 1.83. The van der Waals surface area contributed by atoms with Crippen LogP contribution in [0.4, 0.5) is 4.79 Å². The van der Waals surface area contributed by atoms with Crippen LogP contribution < -0.4 is 5.32 Å². The number of aryl methyl sites for hydroxylation is 1. The molecule has 1 atom stereocenters. The summed E-state index contributed by atoms with van der Waals surface area (Å²) in [5, 5.41) is 7.79. The first-order valence-corrected chi connectivity index (χ1v) is 7.64. The Hall–Kier alpha value is -2.08. The number of carbonyl (C=O) groups excluding carboxylic acids is 1. The third-order valence-electron chi connectivity index (χ3n) is 3.94. The Bertz CT molecular complexity index is 671. The molecule has 22 heavy (non-hydrogen) atoms. The van der Waals surface area contributed by atoms with Gasteiger partial charge in [-0.3, -0.25) is 9.67 Å². The van der Waals surface area contributed by atoms with Crippen molar-refractivity contribution in [3.05, 3.63) is 47.0 Å². The number of amides is 2. The van der Waals surface area contributed by atoms with Crippen LogP contribution in [0.15, 0.2) is 30.7 Å². The molecular formula is C15H18ClN5O. The van der Waals surface area contributed by atoms with Gasteiger partial charge in [-0.2, -0.15) is 5.10 Å². The topological polar surface area (TPSA) is 63.1 Å². The second-order valence-corrected chi connectivity index (χ2v) is 5.87. The molecule has 1 fully saturated rings. The number of urea groups is 1. The summed E-state index contributed by atoms with van der Waals surface area (Å²) in [6.45, 7) is 3.80. The van der Waals surface area contributed by atoms with Crippen LogP contribution in [0.2, 0.25) is 5.02 Å². The summed E-state index contributed by atoms with van der Waals surface area (Å²) in [6, 6.07) is 3.99. The van der Waals surface area contributed by atoms with Crippen molar-refractivity contribution >= 4 is 17.6 Å². The van der Waals surface area contributed by atoms with Gasteiger partial charge in [0.15, 0.2) is 0 Å². The summed E-state index contributed by atoms with van der Waals surface area (Å²) in [4.78, 5) is 18.3. The van der Waals surface area contributed by atoms with Gasteiger partial charge in [0.2, 0.25) is 0 Å². The van der Waals surface area contributed by atoms with Gasteiger partial charge in [0.25, 0.3) is 0 Å². The lowest BCUT2D eigenvalue weighted by atomic mass is 10.2. The molecule has 0 spiro atoms. The highest BCUT2D eigenvalue weighted by molar-refractivity contribution is 6.30. The minimum Gasteiger partial charge on any atom is -0.334 e. The van der Waals surface area contributed by atoms with Crippen molar-refractivity contribution in [3.8, 4) is 0 Å². The number of hydrogen-bond donors (Lipinski definition) is 1. The number of nitrogens with one attached hydrogen (secondary N) is 1. The molecule has 0 aromatic carbocycles. The van der Waals surface area contributed by atoms with E-state index in [9.17, 15) is 4.79 Å². The third kappa shape index (κ3) is 3.22. The molecule has 2 aromatic heterocycles. The quantitative estimate of drug-likeness (QED) is 0.945. The summed E-state index contributed by atoms with van der Waals surface area (Å²) >= 11 is 5.89. The standard InChI is InChI=1S/C15H18ClN5O/c1-11-12(3-2-5-17-11)7-18-15(22)20-6-4-14(10-20)21-9-13(16)8-19-21/h2-3,5,8-9,14H,4,6-7,10H2,1H3,(H,18,22). The number of hydrogen-bond acceptors (Lipinski definition) is 3. The normalized spacial score (nSPS) is 17.7. The predicted octanol–water partition coefficient (Wildman–Crippen LogP) is 2.40. The van der Waals surface area contributed by atoms with Crippen LogP contribution in [0.1, 0.15) is 23.7 Å². The maximum atomic E-state index is 12.3. The molecule has 2 aromatic rings. The van der Waals surface area contributed by atoms with Crippen LogP contribution in [0, 0.1) is 6.92 Å². The van der Waals surface area contributed by atoms with Crippen LogP contribution in [-0.4, -0.2) is 38.8 Å². The average Bonchev–Trinajstić information content (AvgIpc) is 3.15. The van der Waals surface area contributed by atoms with Gasteiger partial charge in [0.1, 0.15) is 0 Å². The number of likely N-dealkylation sites (tertiary alicyclic amines) is 1. The third-order valence-corrected chi connectivity index (χ3v) is 4.14. The maximum absolute atomic E-state index is 12.3. The van der Waals surface area contributed by atoms with E-state index < -0.39 is 0 Å². The second-order valence-electron chi connectivity index (χ2n) is 5.43. The molecule has 3 rings (SSSR count). The lowest BCUT2D eigenvalue weighted by Crippen LogP contribution is -2.38. The fraction of sp³-hybridized carbons (Fsp3) is 0.400. The Labute approximate surface area is 134 Å². The number of carbonyl (C=O) groups is 1. The van der Waals surface area contributed by atoms with E-state index in [0.29, 0.717) is 18.1 Å². The zero-order valence-electron chi connectivity index (χ0n) is 12.4. The number of halogens is 1. The first-order valence-electron chi connectivity index (χ1n) is 7.26. The Morgan fingerprint density at radius 3 is 3.14 bits per heavy atom. The molecule has 0 saturated carbocycles. The van der Waals surface area contributed by atoms with E-state index >= 15 is 0 Å². The largest absolute Gasteiger partial charge is 0.334 e. The first-order chi connectivity index (χ1) is 10.6. The van der Waals surface area contributed by atoms with Gasteiger partial charge >= 0.3 is 6.03 Å². The molecule has 7 heteroatoms. The highest BCUT2D eigenvalue weighted by Crippen LogP contribution is 2.22. The first kappa shape index (κ1) is 14.8. The molecule has 1 N–H and O–H groups in total. The molecule has 116 valence electrons. The van der Waals surface area contributed by atoms with E-state index in [1.807, 2.05) is 28.6 Å². The van der Waals surface area contributed by atoms with Crippen molar-refractivity contribution in [2.45, 2.75) is 25.9 Å². The molecule has 6 nitrogen and oxygen atoms in total. The predicted molar refractivity (Wildman–Crippen MR) is 83.7 cm³/mol. The highest BCUT2D eigenvalue weighted by atomic mass is 35.5. The molecule has 0 aliphatic carbocycles. The van der Waals surface area contributed by atoms with E-state index in [2.05, 4.69) is 15.4 Å². The van der Waals surface area contributed by atoms with Crippen LogP contribution in [0.5, 0.6) is 0 Å². The van der Waals surface area contributed by atoms with Gasteiger partial charge in [-0.05, 0) is 25.0 Å². The minimum atomic E-state index is -0.0518. The highest BCUT2D eigenvalue weighted by Gasteiger charge is 2.27. The fourth-order valence-corrected chi connectivity index (χ4v) is 2.79. The number of nitrogens with zero attached hydrogens (tertiary/aromatic N) is 4. The summed E-state index contributed by atoms with van der Waals surface area (Å²) in [7, 11) is 0. The van der Waals surface area contributed by atoms with E-state index in [1.165, 1.54) is 0 Å². The minimum absolute atomic E-state index is 0.0518. The summed E-state index contributed by atoms with van der Waals surface area (Å²) in [5.41, 5.74) is 1.97. The van der Waals surface area contributed by atoms with Crippen LogP contribution in [0.25, 0.3) is 0 Å². The molecular weight excluding hydrogens is 302 g/mol. The van der Waals surface area contributed by atoms with Crippen molar-refractivity contribution in [2.24, 2.45) is 0 Å². The van der Waals surface area contributed by atoms with Crippen molar-refractivity contribution in [1.82, 2.24) is 25.0 Å². The molecule has 1 aliphatic rings. The van der Waals surface area contributed by atoms with Gasteiger partial charge in [-0.1, -0.05) is 17.7 Å². The van der Waals surface area contributed by atoms with Gasteiger partial charge in [-0.25, -0.2) is 4.79 Å². The molecule has 1 saturated heterocycles. The number of rotatable bonds is 3. The van der Waals surface area contributed by atoms with Crippen LogP contribution >= 0.6 is 11.6 Å². The molecule has 1 aliphatic heterocycles. The summed E-state index contributed by atoms with van der Waals surface area (Å²) in [5.74, 6) is 0. The lowest BCUT2D eigenvalue weighted by Gasteiger charge is -2.18. The van der Waals surface area contributed by atoms with Crippen LogP contribution in [-0.2, 0) is 6.54 Å². The van der Waals surface area contributed by atoms with Gasteiger partial charge in [-0.15, -0.1) is 0 Å². The van der Waals surface area contributed by atoms with Crippen molar-refractivity contribution in [3.63, 3.8) is 0 Å². The van der Waals surface area contributed by atoms with Gasteiger partial charge in [0, 0.05) is 37.7 Å². The zero-order valence-corrected chi connectivity index (χ0v) is 13.1. The van der Waals surface area contributed by atoms with E-state index in [4.69, 9.17) is 11.6 Å². The number of pyridine rings is 1. The van der Waals surface area contributed by atoms with Gasteiger partial charge < -0.3 is 10.2 Å². The smallest absolute Gasteiger partial charge is 0.317 e. The number of aromatic nitrogens is 3. The Balaban J connectivity index is 1.54. The van der Waals surface area contributed by atoms with Crippen LogP contribution in [0.3, 0.4) is 0 Å². The van der Waals surface area contributed by atoms with Crippen molar-refractivity contribution < 1.29 is 4.79 Å². The fourth-order valence-electron chi connectivity index (χ4n) is 2.64. The second kappa shape index (κ2) is 6.36. The summed E-state index contributed by atoms with van der Waals surface area (Å²) in [6.07, 6.45) is 6.06. The Kier molecular flexibility index (Phi) is 4.29. The average molecular weight is 320 g/mol. The molecule has 1 unspecified atom stereocenters. The lowest BCUT2D eigenvalue weighted by molar-refractivity contribution is 0.206. The van der Waals surface area contributed by atoms with E-state index in [-0.39, 0.29) is 12.1 Å². The zero-order chi connectivity index (χ0) is 15.5. The Morgan fingerprint density at radius 2 is 2.41 bits per heavy atom. The molecule has 2 amide bonds. The van der Waals surface area contributed by atoms with Crippen molar-refractivity contribution in [2.75, 3.05) is 13.1 Å². The SMILES string of the molecule is Cc1ncccc1CNC(=O)N1CCC(n2cc(Cl)cn2)C1. The molecule has 3 heterocycles. The maximum Gasteiger partial charge on any atom is 0.317 e. The molecule has 0 bridgehead atoms. The van der Waals surface area contributed by atoms with Crippen molar-refractivity contribution in [1.29, 1.82) is 0 Å². The Morgan fingerprint density at radius 1 is 1.55 bits per heavy atom. The van der Waals surface area contributed by atoms with E-state index in [0.717, 1.165) is 24.2 Å². The molecule has 0 radical (unpaired) electrons. The monoisotopic (exact) mass is 319 g/mol. The van der Waals surface area contributed by atoms with Gasteiger partial charge in [0.05, 0.1) is 17.3 Å². The van der Waals surface area contributed by atoms with E-state index in [1.54, 1.807) is 18.6 Å².